The van der Waals surface area contributed by atoms with Gasteiger partial charge in [-0.2, -0.15) is 0 Å². The fourth-order valence-electron chi connectivity index (χ4n) is 2.82. The number of hydrogen-bond acceptors (Lipinski definition) is 4. The van der Waals surface area contributed by atoms with Crippen molar-refractivity contribution in [2.24, 2.45) is 7.05 Å². The van der Waals surface area contributed by atoms with Crippen LogP contribution in [-0.4, -0.2) is 32.5 Å². The molecule has 0 bridgehead atoms. The van der Waals surface area contributed by atoms with Crippen LogP contribution < -0.4 is 4.74 Å². The number of benzene rings is 1. The predicted molar refractivity (Wildman–Crippen MR) is 77.9 cm³/mol. The van der Waals surface area contributed by atoms with Crippen LogP contribution >= 0.6 is 0 Å². The van der Waals surface area contributed by atoms with Gasteiger partial charge in [0.05, 0.1) is 6.42 Å². The van der Waals surface area contributed by atoms with Crippen molar-refractivity contribution in [1.82, 2.24) is 4.57 Å². The van der Waals surface area contributed by atoms with Gasteiger partial charge in [-0.1, -0.05) is 24.3 Å². The lowest BCUT2D eigenvalue weighted by Gasteiger charge is -2.07. The van der Waals surface area contributed by atoms with Crippen LogP contribution in [0.3, 0.4) is 0 Å². The Hall–Kier alpha value is -3.09. The van der Waals surface area contributed by atoms with Crippen LogP contribution in [0.15, 0.2) is 24.3 Å². The zero-order valence-electron chi connectivity index (χ0n) is 12.2. The topological polar surface area (TPSA) is 106 Å². The van der Waals surface area contributed by atoms with Gasteiger partial charge in [-0.05, 0) is 0 Å². The summed E-state index contributed by atoms with van der Waals surface area (Å²) in [6, 6.07) is 6.85. The summed E-state index contributed by atoms with van der Waals surface area (Å²) in [6.45, 7) is 0.0473. The number of ether oxygens (including phenoxy) is 1. The molecule has 0 aliphatic carbocycles. The van der Waals surface area contributed by atoms with Crippen LogP contribution in [0, 0.1) is 0 Å². The summed E-state index contributed by atoms with van der Waals surface area (Å²) in [4.78, 5) is 35.4. The monoisotopic (exact) mass is 315 g/mol. The Morgan fingerprint density at radius 2 is 1.96 bits per heavy atom. The summed E-state index contributed by atoms with van der Waals surface area (Å²) in [7, 11) is 1.47. The third-order valence-electron chi connectivity index (χ3n) is 3.85. The number of fused-ring (bicyclic) bond motifs is 2. The van der Waals surface area contributed by atoms with E-state index in [0.29, 0.717) is 11.1 Å². The van der Waals surface area contributed by atoms with E-state index in [4.69, 9.17) is 9.84 Å². The average Bonchev–Trinajstić information content (AvgIpc) is 2.67. The second kappa shape index (κ2) is 5.28. The SMILES string of the molecule is Cn1c(CC(=O)O)c(C(=O)O)c2c1C(=O)c1ccccc1CO2. The molecule has 1 aromatic carbocycles. The molecule has 0 fully saturated rings. The molecule has 0 atom stereocenters. The number of hydrogen-bond donors (Lipinski definition) is 2. The first kappa shape index (κ1) is 14.8. The highest BCUT2D eigenvalue weighted by Gasteiger charge is 2.34. The molecule has 2 N–H and O–H groups in total. The highest BCUT2D eigenvalue weighted by Crippen LogP contribution is 2.36. The number of carboxylic acid groups (broad SMARTS) is 2. The maximum Gasteiger partial charge on any atom is 0.341 e. The summed E-state index contributed by atoms with van der Waals surface area (Å²) < 4.78 is 6.87. The molecule has 0 saturated carbocycles. The standard InChI is InChI=1S/C16H13NO6/c1-17-10(6-11(18)19)12(16(21)22)15-13(17)14(20)9-5-3-2-4-8(9)7-23-15/h2-5H,6-7H2,1H3,(H,18,19)(H,21,22). The number of aromatic carboxylic acids is 1. The first-order valence-corrected chi connectivity index (χ1v) is 6.83. The van der Waals surface area contributed by atoms with Gasteiger partial charge in [-0.25, -0.2) is 4.79 Å². The van der Waals surface area contributed by atoms with Gasteiger partial charge in [0.2, 0.25) is 5.78 Å². The number of carbonyl (C=O) groups is 3. The molecule has 2 aromatic rings. The third kappa shape index (κ3) is 2.26. The van der Waals surface area contributed by atoms with E-state index in [1.807, 2.05) is 0 Å². The molecule has 23 heavy (non-hydrogen) atoms. The van der Waals surface area contributed by atoms with Crippen molar-refractivity contribution in [2.45, 2.75) is 13.0 Å². The Morgan fingerprint density at radius 1 is 1.26 bits per heavy atom. The van der Waals surface area contributed by atoms with Crippen LogP contribution in [0.4, 0.5) is 0 Å². The number of nitrogens with zero attached hydrogens (tertiary/aromatic N) is 1. The van der Waals surface area contributed by atoms with Crippen molar-refractivity contribution in [2.75, 3.05) is 0 Å². The largest absolute Gasteiger partial charge is 0.486 e. The predicted octanol–water partition coefficient (Wildman–Crippen LogP) is 1.47. The lowest BCUT2D eigenvalue weighted by atomic mass is 10.0. The van der Waals surface area contributed by atoms with Gasteiger partial charge in [0.15, 0.2) is 5.75 Å². The van der Waals surface area contributed by atoms with Crippen molar-refractivity contribution in [3.8, 4) is 5.75 Å². The summed E-state index contributed by atoms with van der Waals surface area (Å²) in [5, 5.41) is 18.5. The lowest BCUT2D eigenvalue weighted by Crippen LogP contribution is -2.13. The summed E-state index contributed by atoms with van der Waals surface area (Å²) in [5.74, 6) is -2.96. The highest BCUT2D eigenvalue weighted by atomic mass is 16.5. The van der Waals surface area contributed by atoms with Crippen molar-refractivity contribution in [3.63, 3.8) is 0 Å². The number of aliphatic carboxylic acids is 1. The molecule has 118 valence electrons. The third-order valence-corrected chi connectivity index (χ3v) is 3.85. The van der Waals surface area contributed by atoms with Crippen LogP contribution in [0.1, 0.15) is 37.7 Å². The van der Waals surface area contributed by atoms with Crippen LogP contribution in [0.2, 0.25) is 0 Å². The number of rotatable bonds is 3. The summed E-state index contributed by atoms with van der Waals surface area (Å²) in [6.07, 6.45) is -0.510. The highest BCUT2D eigenvalue weighted by molar-refractivity contribution is 6.13. The van der Waals surface area contributed by atoms with Crippen LogP contribution in [-0.2, 0) is 24.9 Å². The van der Waals surface area contributed by atoms with Gasteiger partial charge in [0.25, 0.3) is 0 Å². The minimum Gasteiger partial charge on any atom is -0.486 e. The molecule has 0 unspecified atom stereocenters. The second-order valence-corrected chi connectivity index (χ2v) is 5.21. The van der Waals surface area contributed by atoms with Gasteiger partial charge in [0.1, 0.15) is 17.9 Å². The molecule has 7 heteroatoms. The van der Waals surface area contributed by atoms with Crippen LogP contribution in [0.25, 0.3) is 0 Å². The van der Waals surface area contributed by atoms with Gasteiger partial charge >= 0.3 is 11.9 Å². The molecular weight excluding hydrogens is 302 g/mol. The van der Waals surface area contributed by atoms with E-state index in [0.717, 1.165) is 0 Å². The maximum absolute atomic E-state index is 12.8. The van der Waals surface area contributed by atoms with E-state index in [2.05, 4.69) is 0 Å². The van der Waals surface area contributed by atoms with Crippen molar-refractivity contribution < 1.29 is 29.3 Å². The molecule has 7 nitrogen and oxygen atoms in total. The zero-order valence-corrected chi connectivity index (χ0v) is 12.2. The first-order chi connectivity index (χ1) is 10.9. The molecule has 3 rings (SSSR count). The molecule has 0 saturated heterocycles. The molecular formula is C16H13NO6. The number of carbonyl (C=O) groups excluding carboxylic acids is 1. The van der Waals surface area contributed by atoms with E-state index in [-0.39, 0.29) is 35.1 Å². The van der Waals surface area contributed by atoms with Crippen LogP contribution in [0.5, 0.6) is 5.75 Å². The first-order valence-electron chi connectivity index (χ1n) is 6.83. The fourth-order valence-corrected chi connectivity index (χ4v) is 2.82. The normalized spacial score (nSPS) is 12.8. The van der Waals surface area contributed by atoms with E-state index in [1.165, 1.54) is 11.6 Å². The minimum atomic E-state index is -1.32. The number of ketones is 1. The molecule has 1 aliphatic rings. The Balaban J connectivity index is 2.27. The molecule has 1 aliphatic heterocycles. The number of carboxylic acids is 2. The molecule has 2 heterocycles. The van der Waals surface area contributed by atoms with E-state index in [9.17, 15) is 19.5 Å². The number of aromatic nitrogens is 1. The van der Waals surface area contributed by atoms with Crippen molar-refractivity contribution >= 4 is 17.7 Å². The molecule has 0 spiro atoms. The Labute approximate surface area is 130 Å². The Bertz CT molecular complexity index is 848. The molecule has 0 amide bonds. The Morgan fingerprint density at radius 3 is 2.61 bits per heavy atom. The molecule has 0 radical (unpaired) electrons. The van der Waals surface area contributed by atoms with Gasteiger partial charge in [-0.15, -0.1) is 0 Å². The van der Waals surface area contributed by atoms with E-state index in [1.54, 1.807) is 24.3 Å². The summed E-state index contributed by atoms with van der Waals surface area (Å²) in [5.41, 5.74) is 0.896. The van der Waals surface area contributed by atoms with Crippen molar-refractivity contribution in [1.29, 1.82) is 0 Å². The van der Waals surface area contributed by atoms with Gasteiger partial charge in [0, 0.05) is 23.9 Å². The van der Waals surface area contributed by atoms with Gasteiger partial charge < -0.3 is 19.5 Å². The summed E-state index contributed by atoms with van der Waals surface area (Å²) >= 11 is 0. The second-order valence-electron chi connectivity index (χ2n) is 5.21. The Kier molecular flexibility index (Phi) is 3.40. The smallest absolute Gasteiger partial charge is 0.341 e. The van der Waals surface area contributed by atoms with E-state index >= 15 is 0 Å². The minimum absolute atomic E-state index is 0.0303. The lowest BCUT2D eigenvalue weighted by molar-refractivity contribution is -0.136. The fraction of sp³-hybridized carbons (Fsp3) is 0.188. The maximum atomic E-state index is 12.8. The van der Waals surface area contributed by atoms with E-state index < -0.39 is 18.4 Å². The quantitative estimate of drug-likeness (QED) is 0.888. The van der Waals surface area contributed by atoms with Crippen molar-refractivity contribution in [3.05, 3.63) is 52.3 Å². The van der Waals surface area contributed by atoms with Gasteiger partial charge in [-0.3, -0.25) is 9.59 Å². The molecule has 1 aromatic heterocycles. The zero-order chi connectivity index (χ0) is 16.7. The average molecular weight is 315 g/mol.